The van der Waals surface area contributed by atoms with Crippen LogP contribution >= 0.6 is 0 Å². The maximum Gasteiger partial charge on any atom is 0.319 e. The number of likely N-dealkylation sites (tertiary alicyclic amines) is 1. The molecule has 1 aliphatic heterocycles. The van der Waals surface area contributed by atoms with Crippen LogP contribution in [0.2, 0.25) is 0 Å². The lowest BCUT2D eigenvalue weighted by atomic mass is 10.0. The largest absolute Gasteiger partial charge is 0.338 e. The third kappa shape index (κ3) is 4.46. The molecule has 1 fully saturated rings. The number of benzene rings is 1. The zero-order valence-electron chi connectivity index (χ0n) is 13.2. The molecule has 6 heteroatoms. The minimum absolute atomic E-state index is 0.0114. The van der Waals surface area contributed by atoms with Crippen molar-refractivity contribution in [3.63, 3.8) is 0 Å². The molecule has 1 aromatic carbocycles. The first-order valence-corrected chi connectivity index (χ1v) is 7.76. The Labute approximate surface area is 131 Å². The quantitative estimate of drug-likeness (QED) is 0.799. The lowest BCUT2D eigenvalue weighted by molar-refractivity contribution is -0.121. The summed E-state index contributed by atoms with van der Waals surface area (Å²) in [6.07, 6.45) is 3.12. The highest BCUT2D eigenvalue weighted by Crippen LogP contribution is 2.19. The molecule has 0 radical (unpaired) electrons. The van der Waals surface area contributed by atoms with E-state index in [1.165, 1.54) is 0 Å². The predicted octanol–water partition coefficient (Wildman–Crippen LogP) is 2.25. The predicted molar refractivity (Wildman–Crippen MR) is 88.0 cm³/mol. The van der Waals surface area contributed by atoms with Gasteiger partial charge in [0, 0.05) is 17.9 Å². The van der Waals surface area contributed by atoms with Crippen molar-refractivity contribution in [3.8, 4) is 0 Å². The van der Waals surface area contributed by atoms with Gasteiger partial charge in [-0.3, -0.25) is 9.69 Å². The summed E-state index contributed by atoms with van der Waals surface area (Å²) in [5.41, 5.74) is 1.35. The van der Waals surface area contributed by atoms with E-state index in [-0.39, 0.29) is 18.0 Å². The fourth-order valence-corrected chi connectivity index (χ4v) is 2.64. The van der Waals surface area contributed by atoms with Gasteiger partial charge in [0.15, 0.2) is 0 Å². The van der Waals surface area contributed by atoms with Crippen LogP contribution in [0.4, 0.5) is 16.2 Å². The van der Waals surface area contributed by atoms with Crippen molar-refractivity contribution in [2.75, 3.05) is 30.8 Å². The Hall–Kier alpha value is -2.08. The summed E-state index contributed by atoms with van der Waals surface area (Å²) < 4.78 is 0. The molecule has 120 valence electrons. The van der Waals surface area contributed by atoms with Crippen LogP contribution in [0.5, 0.6) is 0 Å². The number of nitrogens with zero attached hydrogens (tertiary/aromatic N) is 1. The van der Waals surface area contributed by atoms with E-state index >= 15 is 0 Å². The molecule has 0 aromatic heterocycles. The lowest BCUT2D eigenvalue weighted by Gasteiger charge is -2.31. The van der Waals surface area contributed by atoms with Gasteiger partial charge >= 0.3 is 6.03 Å². The molecule has 3 N–H and O–H groups in total. The molecule has 1 aromatic rings. The molecule has 0 spiro atoms. The second kappa shape index (κ2) is 7.79. The average molecular weight is 304 g/mol. The van der Waals surface area contributed by atoms with Gasteiger partial charge in [0.2, 0.25) is 5.91 Å². The van der Waals surface area contributed by atoms with Gasteiger partial charge < -0.3 is 16.0 Å². The maximum absolute atomic E-state index is 12.4. The zero-order chi connectivity index (χ0) is 15.9. The molecular formula is C16H24N4O2. The lowest BCUT2D eigenvalue weighted by Crippen LogP contribution is -2.44. The number of carbonyl (C=O) groups is 2. The van der Waals surface area contributed by atoms with Crippen molar-refractivity contribution in [1.82, 2.24) is 10.2 Å². The topological polar surface area (TPSA) is 73.5 Å². The van der Waals surface area contributed by atoms with Gasteiger partial charge in [-0.2, -0.15) is 0 Å². The van der Waals surface area contributed by atoms with Crippen LogP contribution in [0.1, 0.15) is 26.2 Å². The molecule has 1 atom stereocenters. The molecule has 6 nitrogen and oxygen atoms in total. The van der Waals surface area contributed by atoms with E-state index in [2.05, 4.69) is 20.9 Å². The Bertz CT molecular complexity index is 533. The van der Waals surface area contributed by atoms with Gasteiger partial charge in [-0.05, 0) is 51.6 Å². The number of hydrogen-bond donors (Lipinski definition) is 3. The van der Waals surface area contributed by atoms with Gasteiger partial charge in [-0.25, -0.2) is 4.79 Å². The third-order valence-electron chi connectivity index (χ3n) is 3.80. The molecule has 0 aliphatic carbocycles. The number of piperidine rings is 1. The van der Waals surface area contributed by atoms with E-state index in [4.69, 9.17) is 0 Å². The van der Waals surface area contributed by atoms with Crippen LogP contribution in [-0.2, 0) is 4.79 Å². The first-order valence-electron chi connectivity index (χ1n) is 7.76. The Balaban J connectivity index is 1.97. The number of carbonyl (C=O) groups excluding carboxylic acids is 2. The minimum atomic E-state index is -0.252. The van der Waals surface area contributed by atoms with Crippen LogP contribution < -0.4 is 16.0 Å². The number of urea groups is 1. The summed E-state index contributed by atoms with van der Waals surface area (Å²) in [5, 5.41) is 8.34. The Morgan fingerprint density at radius 1 is 1.23 bits per heavy atom. The van der Waals surface area contributed by atoms with E-state index in [1.807, 2.05) is 26.1 Å². The molecule has 0 bridgehead atoms. The minimum Gasteiger partial charge on any atom is -0.338 e. The summed E-state index contributed by atoms with van der Waals surface area (Å²) in [4.78, 5) is 26.0. The highest BCUT2D eigenvalue weighted by Gasteiger charge is 2.25. The number of nitrogens with one attached hydrogen (secondary N) is 3. The van der Waals surface area contributed by atoms with Crippen LogP contribution in [0.3, 0.4) is 0 Å². The van der Waals surface area contributed by atoms with Gasteiger partial charge in [-0.15, -0.1) is 0 Å². The first-order chi connectivity index (χ1) is 10.6. The first kappa shape index (κ1) is 16.3. The Kier molecular flexibility index (Phi) is 5.77. The van der Waals surface area contributed by atoms with Crippen LogP contribution in [0.15, 0.2) is 24.3 Å². The second-order valence-electron chi connectivity index (χ2n) is 5.55. The molecule has 22 heavy (non-hydrogen) atoms. The number of anilines is 2. The number of likely N-dealkylation sites (N-methyl/N-ethyl adjacent to an activating group) is 1. The molecular weight excluding hydrogens is 280 g/mol. The Morgan fingerprint density at radius 3 is 2.64 bits per heavy atom. The van der Waals surface area contributed by atoms with Crippen molar-refractivity contribution >= 4 is 23.3 Å². The molecule has 2 rings (SSSR count). The molecule has 0 saturated carbocycles. The van der Waals surface area contributed by atoms with Crippen LogP contribution in [0, 0.1) is 0 Å². The zero-order valence-corrected chi connectivity index (χ0v) is 13.2. The number of hydrogen-bond acceptors (Lipinski definition) is 3. The molecule has 1 saturated heterocycles. The van der Waals surface area contributed by atoms with E-state index < -0.39 is 0 Å². The van der Waals surface area contributed by atoms with Crippen molar-refractivity contribution in [3.05, 3.63) is 24.3 Å². The van der Waals surface area contributed by atoms with Gasteiger partial charge in [0.1, 0.15) is 0 Å². The Morgan fingerprint density at radius 2 is 1.95 bits per heavy atom. The maximum atomic E-state index is 12.4. The normalized spacial score (nSPS) is 18.5. The summed E-state index contributed by atoms with van der Waals surface area (Å²) in [6, 6.07) is 6.85. The van der Waals surface area contributed by atoms with Crippen molar-refractivity contribution in [2.45, 2.75) is 32.2 Å². The highest BCUT2D eigenvalue weighted by molar-refractivity contribution is 5.96. The van der Waals surface area contributed by atoms with Crippen molar-refractivity contribution in [2.24, 2.45) is 0 Å². The number of amides is 3. The van der Waals surface area contributed by atoms with Crippen LogP contribution in [-0.4, -0.2) is 43.0 Å². The van der Waals surface area contributed by atoms with E-state index in [9.17, 15) is 9.59 Å². The fourth-order valence-electron chi connectivity index (χ4n) is 2.64. The summed E-state index contributed by atoms with van der Waals surface area (Å²) in [5.74, 6) is 0.0114. The summed E-state index contributed by atoms with van der Waals surface area (Å²) in [6.45, 7) is 3.38. The average Bonchev–Trinajstić information content (AvgIpc) is 2.48. The standard InChI is InChI=1S/C16H24N4O2/c1-3-17-16(22)19-13-8-6-7-12(11-13)18-15(21)14-9-4-5-10-20(14)2/h6-8,11,14H,3-5,9-10H2,1-2H3,(H,18,21)(H2,17,19,22)/t14-/m1/s1. The summed E-state index contributed by atoms with van der Waals surface area (Å²) in [7, 11) is 1.98. The van der Waals surface area contributed by atoms with E-state index in [1.54, 1.807) is 12.1 Å². The molecule has 0 unspecified atom stereocenters. The van der Waals surface area contributed by atoms with E-state index in [0.717, 1.165) is 25.8 Å². The van der Waals surface area contributed by atoms with Gasteiger partial charge in [0.25, 0.3) is 0 Å². The molecule has 3 amide bonds. The third-order valence-corrected chi connectivity index (χ3v) is 3.80. The van der Waals surface area contributed by atoms with Crippen LogP contribution in [0.25, 0.3) is 0 Å². The van der Waals surface area contributed by atoms with Gasteiger partial charge in [-0.1, -0.05) is 12.5 Å². The molecule has 1 aliphatic rings. The number of rotatable bonds is 4. The smallest absolute Gasteiger partial charge is 0.319 e. The fraction of sp³-hybridized carbons (Fsp3) is 0.500. The SMILES string of the molecule is CCNC(=O)Nc1cccc(NC(=O)[C@H]2CCCCN2C)c1. The summed E-state index contributed by atoms with van der Waals surface area (Å²) >= 11 is 0. The monoisotopic (exact) mass is 304 g/mol. The second-order valence-corrected chi connectivity index (χ2v) is 5.55. The highest BCUT2D eigenvalue weighted by atomic mass is 16.2. The van der Waals surface area contributed by atoms with Gasteiger partial charge in [0.05, 0.1) is 6.04 Å². The van der Waals surface area contributed by atoms with Crippen molar-refractivity contribution in [1.29, 1.82) is 0 Å². The van der Waals surface area contributed by atoms with Crippen molar-refractivity contribution < 1.29 is 9.59 Å². The molecule has 1 heterocycles. The van der Waals surface area contributed by atoms with E-state index in [0.29, 0.717) is 17.9 Å².